The number of hydrogen-bond donors (Lipinski definition) is 1. The summed E-state index contributed by atoms with van der Waals surface area (Å²) in [6.07, 6.45) is 0. The molecule has 1 atom stereocenters. The molecule has 0 amide bonds. The van der Waals surface area contributed by atoms with Crippen molar-refractivity contribution in [2.24, 2.45) is 5.73 Å². The van der Waals surface area contributed by atoms with Crippen molar-refractivity contribution in [1.29, 1.82) is 5.26 Å². The van der Waals surface area contributed by atoms with E-state index in [1.165, 1.54) is 12.1 Å². The van der Waals surface area contributed by atoms with E-state index in [0.717, 1.165) is 11.1 Å². The molecular weight excluding hydrogens is 255 g/mol. The van der Waals surface area contributed by atoms with Gasteiger partial charge >= 0.3 is 0 Å². The van der Waals surface area contributed by atoms with Crippen LogP contribution in [0.3, 0.4) is 0 Å². The number of halogens is 1. The molecule has 0 aliphatic heterocycles. The Morgan fingerprint density at radius 1 is 1.30 bits per heavy atom. The van der Waals surface area contributed by atoms with Gasteiger partial charge in [-0.2, -0.15) is 5.26 Å². The van der Waals surface area contributed by atoms with Crippen LogP contribution in [0, 0.1) is 17.1 Å². The van der Waals surface area contributed by atoms with Crippen LogP contribution < -0.4 is 10.5 Å². The normalized spacial score (nSPS) is 11.7. The van der Waals surface area contributed by atoms with Crippen LogP contribution in [0.15, 0.2) is 42.5 Å². The number of nitrogens with two attached hydrogens (primary N) is 1. The molecule has 0 aliphatic carbocycles. The lowest BCUT2D eigenvalue weighted by atomic mass is 10.1. The summed E-state index contributed by atoms with van der Waals surface area (Å²) in [5, 5.41) is 8.84. The predicted octanol–water partition coefficient (Wildman–Crippen LogP) is 3.30. The summed E-state index contributed by atoms with van der Waals surface area (Å²) >= 11 is 0. The largest absolute Gasteiger partial charge is 0.488 e. The Morgan fingerprint density at radius 2 is 2.10 bits per heavy atom. The van der Waals surface area contributed by atoms with Crippen LogP contribution in [0.2, 0.25) is 0 Å². The molecule has 102 valence electrons. The van der Waals surface area contributed by atoms with E-state index < -0.39 is 0 Å². The van der Waals surface area contributed by atoms with Crippen LogP contribution >= 0.6 is 0 Å². The Morgan fingerprint density at radius 3 is 2.80 bits per heavy atom. The lowest BCUT2D eigenvalue weighted by Crippen LogP contribution is -2.08. The van der Waals surface area contributed by atoms with Crippen molar-refractivity contribution >= 4 is 0 Å². The van der Waals surface area contributed by atoms with Crippen molar-refractivity contribution in [3.8, 4) is 11.8 Å². The average Bonchev–Trinajstić information content (AvgIpc) is 2.45. The van der Waals surface area contributed by atoms with Gasteiger partial charge in [0, 0.05) is 17.7 Å². The summed E-state index contributed by atoms with van der Waals surface area (Å²) in [5.74, 6) is 0.0672. The van der Waals surface area contributed by atoms with E-state index in [1.54, 1.807) is 24.3 Å². The lowest BCUT2D eigenvalue weighted by Gasteiger charge is -2.14. The molecule has 0 heterocycles. The summed E-state index contributed by atoms with van der Waals surface area (Å²) in [7, 11) is 0. The van der Waals surface area contributed by atoms with Crippen molar-refractivity contribution in [1.82, 2.24) is 0 Å². The Bertz CT molecular complexity index is 647. The predicted molar refractivity (Wildman–Crippen MR) is 74.5 cm³/mol. The SMILES string of the molecule is C[C@@H](N)c1ccc(F)cc1OCc1cccc(C#N)c1. The number of nitriles is 1. The second kappa shape index (κ2) is 6.18. The van der Waals surface area contributed by atoms with E-state index in [-0.39, 0.29) is 18.5 Å². The minimum atomic E-state index is -0.366. The molecule has 0 spiro atoms. The quantitative estimate of drug-likeness (QED) is 0.927. The number of ether oxygens (including phenoxy) is 1. The molecule has 0 saturated carbocycles. The fourth-order valence-corrected chi connectivity index (χ4v) is 1.90. The minimum absolute atomic E-state index is 0.240. The van der Waals surface area contributed by atoms with Gasteiger partial charge in [0.05, 0.1) is 11.6 Å². The van der Waals surface area contributed by atoms with Gasteiger partial charge in [0.1, 0.15) is 18.2 Å². The molecule has 0 saturated heterocycles. The van der Waals surface area contributed by atoms with Crippen molar-refractivity contribution in [2.45, 2.75) is 19.6 Å². The van der Waals surface area contributed by atoms with Gasteiger partial charge < -0.3 is 10.5 Å². The Kier molecular flexibility index (Phi) is 4.34. The molecule has 0 unspecified atom stereocenters. The van der Waals surface area contributed by atoms with E-state index in [9.17, 15) is 4.39 Å². The zero-order chi connectivity index (χ0) is 14.5. The lowest BCUT2D eigenvalue weighted by molar-refractivity contribution is 0.300. The third kappa shape index (κ3) is 3.34. The molecule has 0 bridgehead atoms. The monoisotopic (exact) mass is 270 g/mol. The molecular formula is C16H15FN2O. The molecule has 2 aromatic carbocycles. The minimum Gasteiger partial charge on any atom is -0.488 e. The Balaban J connectivity index is 2.18. The number of rotatable bonds is 4. The first-order valence-corrected chi connectivity index (χ1v) is 6.27. The van der Waals surface area contributed by atoms with Gasteiger partial charge in [0.25, 0.3) is 0 Å². The van der Waals surface area contributed by atoms with Crippen LogP contribution in [0.1, 0.15) is 29.7 Å². The first-order valence-electron chi connectivity index (χ1n) is 6.27. The molecule has 2 N–H and O–H groups in total. The standard InChI is InChI=1S/C16H15FN2O/c1-11(19)15-6-5-14(17)8-16(15)20-10-13-4-2-3-12(7-13)9-18/h2-8,11H,10,19H2,1H3/t11-/m1/s1. The summed E-state index contributed by atoms with van der Waals surface area (Å²) in [6.45, 7) is 2.08. The van der Waals surface area contributed by atoms with Gasteiger partial charge in [-0.3, -0.25) is 0 Å². The first-order chi connectivity index (χ1) is 9.60. The maximum atomic E-state index is 13.3. The maximum absolute atomic E-state index is 13.3. The Labute approximate surface area is 117 Å². The Hall–Kier alpha value is -2.38. The fourth-order valence-electron chi connectivity index (χ4n) is 1.90. The smallest absolute Gasteiger partial charge is 0.127 e. The molecule has 2 rings (SSSR count). The summed E-state index contributed by atoms with van der Waals surface area (Å²) in [4.78, 5) is 0. The molecule has 3 nitrogen and oxygen atoms in total. The van der Waals surface area contributed by atoms with Crippen LogP contribution in [0.4, 0.5) is 4.39 Å². The topological polar surface area (TPSA) is 59.0 Å². The second-order valence-electron chi connectivity index (χ2n) is 4.57. The van der Waals surface area contributed by atoms with Crippen LogP contribution in [0.25, 0.3) is 0 Å². The maximum Gasteiger partial charge on any atom is 0.127 e. The van der Waals surface area contributed by atoms with Crippen molar-refractivity contribution < 1.29 is 9.13 Å². The highest BCUT2D eigenvalue weighted by atomic mass is 19.1. The van der Waals surface area contributed by atoms with E-state index >= 15 is 0 Å². The van der Waals surface area contributed by atoms with E-state index in [1.807, 2.05) is 13.0 Å². The number of nitrogens with zero attached hydrogens (tertiary/aromatic N) is 1. The third-order valence-electron chi connectivity index (χ3n) is 2.92. The molecule has 0 aliphatic rings. The van der Waals surface area contributed by atoms with Gasteiger partial charge in [0.15, 0.2) is 0 Å². The average molecular weight is 270 g/mol. The zero-order valence-electron chi connectivity index (χ0n) is 11.1. The molecule has 0 radical (unpaired) electrons. The van der Waals surface area contributed by atoms with Gasteiger partial charge in [0.2, 0.25) is 0 Å². The highest BCUT2D eigenvalue weighted by Gasteiger charge is 2.09. The molecule has 4 heteroatoms. The molecule has 0 fully saturated rings. The van der Waals surface area contributed by atoms with Gasteiger partial charge in [-0.1, -0.05) is 18.2 Å². The molecule has 2 aromatic rings. The van der Waals surface area contributed by atoms with Gasteiger partial charge in [-0.25, -0.2) is 4.39 Å². The van der Waals surface area contributed by atoms with E-state index in [0.29, 0.717) is 11.3 Å². The second-order valence-corrected chi connectivity index (χ2v) is 4.57. The molecule has 0 aromatic heterocycles. The summed E-state index contributed by atoms with van der Waals surface area (Å²) < 4.78 is 18.9. The van der Waals surface area contributed by atoms with Crippen molar-refractivity contribution in [2.75, 3.05) is 0 Å². The van der Waals surface area contributed by atoms with Gasteiger partial charge in [-0.05, 0) is 30.7 Å². The fraction of sp³-hybridized carbons (Fsp3) is 0.188. The van der Waals surface area contributed by atoms with Crippen molar-refractivity contribution in [3.05, 3.63) is 65.0 Å². The zero-order valence-corrected chi connectivity index (χ0v) is 11.1. The summed E-state index contributed by atoms with van der Waals surface area (Å²) in [5.41, 5.74) is 8.00. The van der Waals surface area contributed by atoms with Crippen LogP contribution in [0.5, 0.6) is 5.75 Å². The molecule has 20 heavy (non-hydrogen) atoms. The van der Waals surface area contributed by atoms with Crippen LogP contribution in [-0.2, 0) is 6.61 Å². The van der Waals surface area contributed by atoms with Crippen molar-refractivity contribution in [3.63, 3.8) is 0 Å². The van der Waals surface area contributed by atoms with E-state index in [2.05, 4.69) is 6.07 Å². The van der Waals surface area contributed by atoms with Crippen LogP contribution in [-0.4, -0.2) is 0 Å². The summed E-state index contributed by atoms with van der Waals surface area (Å²) in [6, 6.07) is 13.2. The first kappa shape index (κ1) is 14.0. The van der Waals surface area contributed by atoms with E-state index in [4.69, 9.17) is 15.7 Å². The number of hydrogen-bond acceptors (Lipinski definition) is 3. The highest BCUT2D eigenvalue weighted by molar-refractivity contribution is 5.37. The van der Waals surface area contributed by atoms with Gasteiger partial charge in [-0.15, -0.1) is 0 Å². The highest BCUT2D eigenvalue weighted by Crippen LogP contribution is 2.25. The third-order valence-corrected chi connectivity index (χ3v) is 2.92. The number of benzene rings is 2.